The minimum atomic E-state index is 0.0746. The topological polar surface area (TPSA) is 55.1 Å². The fourth-order valence-corrected chi connectivity index (χ4v) is 1.79. The van der Waals surface area contributed by atoms with Gasteiger partial charge in [0.1, 0.15) is 0 Å². The zero-order valence-corrected chi connectivity index (χ0v) is 11.4. The van der Waals surface area contributed by atoms with E-state index in [1.165, 1.54) is 5.56 Å². The molecule has 1 aromatic rings. The van der Waals surface area contributed by atoms with E-state index in [9.17, 15) is 4.79 Å². The lowest BCUT2D eigenvalue weighted by Crippen LogP contribution is -2.26. The molecule has 0 radical (unpaired) electrons. The number of carbonyl (C=O) groups is 1. The smallest absolute Gasteiger partial charge is 0.220 e. The fourth-order valence-electron chi connectivity index (χ4n) is 1.79. The molecule has 0 saturated carbocycles. The van der Waals surface area contributed by atoms with Crippen molar-refractivity contribution in [3.05, 3.63) is 35.4 Å². The van der Waals surface area contributed by atoms with Gasteiger partial charge in [-0.2, -0.15) is 0 Å². The highest BCUT2D eigenvalue weighted by Crippen LogP contribution is 2.07. The molecule has 1 atom stereocenters. The molecule has 18 heavy (non-hydrogen) atoms. The molecule has 1 aromatic carbocycles. The van der Waals surface area contributed by atoms with Crippen molar-refractivity contribution in [2.45, 2.75) is 39.7 Å². The molecule has 3 N–H and O–H groups in total. The Morgan fingerprint density at radius 1 is 1.28 bits per heavy atom. The fraction of sp³-hybridized carbons (Fsp3) is 0.533. The Morgan fingerprint density at radius 3 is 2.44 bits per heavy atom. The summed E-state index contributed by atoms with van der Waals surface area (Å²) < 4.78 is 0. The predicted molar refractivity (Wildman–Crippen MR) is 75.1 cm³/mol. The van der Waals surface area contributed by atoms with Crippen molar-refractivity contribution < 1.29 is 4.79 Å². The van der Waals surface area contributed by atoms with Crippen molar-refractivity contribution in [1.82, 2.24) is 5.32 Å². The minimum absolute atomic E-state index is 0.0746. The Hall–Kier alpha value is -1.35. The summed E-state index contributed by atoms with van der Waals surface area (Å²) in [6, 6.07) is 8.43. The van der Waals surface area contributed by atoms with Gasteiger partial charge in [-0.05, 0) is 30.0 Å². The van der Waals surface area contributed by atoms with E-state index in [2.05, 4.69) is 36.5 Å². The minimum Gasteiger partial charge on any atom is -0.352 e. The summed E-state index contributed by atoms with van der Waals surface area (Å²) in [4.78, 5) is 11.6. The predicted octanol–water partition coefficient (Wildman–Crippen LogP) is 2.24. The number of hydrogen-bond acceptors (Lipinski definition) is 2. The molecule has 0 saturated heterocycles. The summed E-state index contributed by atoms with van der Waals surface area (Å²) in [5.41, 5.74) is 7.99. The summed E-state index contributed by atoms with van der Waals surface area (Å²) in [5, 5.41) is 2.92. The number of hydrogen-bond donors (Lipinski definition) is 2. The second-order valence-electron chi connectivity index (χ2n) is 4.89. The van der Waals surface area contributed by atoms with Crippen LogP contribution in [0, 0.1) is 5.92 Å². The molecule has 3 nitrogen and oxygen atoms in total. The summed E-state index contributed by atoms with van der Waals surface area (Å²) in [6.07, 6.45) is 2.78. The molecule has 3 heteroatoms. The van der Waals surface area contributed by atoms with Crippen molar-refractivity contribution in [2.75, 3.05) is 6.54 Å². The van der Waals surface area contributed by atoms with Crippen molar-refractivity contribution in [1.29, 1.82) is 0 Å². The van der Waals surface area contributed by atoms with Gasteiger partial charge in [-0.25, -0.2) is 0 Å². The van der Waals surface area contributed by atoms with Gasteiger partial charge in [0.25, 0.3) is 0 Å². The molecule has 0 heterocycles. The number of benzene rings is 1. The van der Waals surface area contributed by atoms with Crippen LogP contribution in [-0.4, -0.2) is 12.5 Å². The highest BCUT2D eigenvalue weighted by Gasteiger charge is 2.06. The SMILES string of the molecule is CCCc1ccc(CNC(=O)CC(C)CN)cc1. The lowest BCUT2D eigenvalue weighted by molar-refractivity contribution is -0.122. The van der Waals surface area contributed by atoms with Gasteiger partial charge in [0.05, 0.1) is 0 Å². The first-order valence-electron chi connectivity index (χ1n) is 6.70. The molecular formula is C15H24N2O. The van der Waals surface area contributed by atoms with Crippen LogP contribution in [-0.2, 0) is 17.8 Å². The molecule has 0 fully saturated rings. The van der Waals surface area contributed by atoms with Crippen LogP contribution < -0.4 is 11.1 Å². The van der Waals surface area contributed by atoms with Gasteiger partial charge in [-0.3, -0.25) is 4.79 Å². The maximum Gasteiger partial charge on any atom is 0.220 e. The van der Waals surface area contributed by atoms with E-state index in [-0.39, 0.29) is 11.8 Å². The Kier molecular flexibility index (Phi) is 6.44. The third kappa shape index (κ3) is 5.32. The number of nitrogens with one attached hydrogen (secondary N) is 1. The molecule has 1 amide bonds. The molecule has 0 aliphatic heterocycles. The van der Waals surface area contributed by atoms with Crippen LogP contribution in [0.4, 0.5) is 0 Å². The van der Waals surface area contributed by atoms with Gasteiger partial charge in [0.15, 0.2) is 0 Å². The summed E-state index contributed by atoms with van der Waals surface area (Å²) in [6.45, 7) is 5.31. The van der Waals surface area contributed by atoms with E-state index >= 15 is 0 Å². The third-order valence-electron chi connectivity index (χ3n) is 2.99. The first-order valence-corrected chi connectivity index (χ1v) is 6.70. The second-order valence-corrected chi connectivity index (χ2v) is 4.89. The monoisotopic (exact) mass is 248 g/mol. The van der Waals surface area contributed by atoms with E-state index in [4.69, 9.17) is 5.73 Å². The quantitative estimate of drug-likeness (QED) is 0.777. The highest BCUT2D eigenvalue weighted by atomic mass is 16.1. The number of rotatable bonds is 7. The first kappa shape index (κ1) is 14.7. The van der Waals surface area contributed by atoms with E-state index < -0.39 is 0 Å². The lowest BCUT2D eigenvalue weighted by atomic mass is 10.1. The van der Waals surface area contributed by atoms with Crippen molar-refractivity contribution in [3.63, 3.8) is 0 Å². The molecule has 0 aromatic heterocycles. The Balaban J connectivity index is 2.36. The largest absolute Gasteiger partial charge is 0.352 e. The number of nitrogens with two attached hydrogens (primary N) is 1. The van der Waals surface area contributed by atoms with E-state index in [1.54, 1.807) is 0 Å². The van der Waals surface area contributed by atoms with Crippen LogP contribution in [0.2, 0.25) is 0 Å². The third-order valence-corrected chi connectivity index (χ3v) is 2.99. The lowest BCUT2D eigenvalue weighted by Gasteiger charge is -2.09. The Bertz CT molecular complexity index is 359. The molecular weight excluding hydrogens is 224 g/mol. The van der Waals surface area contributed by atoms with Crippen LogP contribution in [0.1, 0.15) is 37.8 Å². The van der Waals surface area contributed by atoms with Crippen molar-refractivity contribution >= 4 is 5.91 Å². The van der Waals surface area contributed by atoms with Gasteiger partial charge in [-0.1, -0.05) is 44.5 Å². The number of amides is 1. The molecule has 0 spiro atoms. The molecule has 1 unspecified atom stereocenters. The molecule has 100 valence electrons. The zero-order valence-electron chi connectivity index (χ0n) is 11.4. The van der Waals surface area contributed by atoms with Crippen LogP contribution in [0.3, 0.4) is 0 Å². The van der Waals surface area contributed by atoms with Gasteiger partial charge >= 0.3 is 0 Å². The number of aryl methyl sites for hydroxylation is 1. The van der Waals surface area contributed by atoms with Gasteiger partial charge < -0.3 is 11.1 Å². The van der Waals surface area contributed by atoms with E-state index in [0.717, 1.165) is 18.4 Å². The Morgan fingerprint density at radius 2 is 1.89 bits per heavy atom. The van der Waals surface area contributed by atoms with Gasteiger partial charge in [0, 0.05) is 13.0 Å². The summed E-state index contributed by atoms with van der Waals surface area (Å²) >= 11 is 0. The van der Waals surface area contributed by atoms with Crippen molar-refractivity contribution in [3.8, 4) is 0 Å². The average Bonchev–Trinajstić information content (AvgIpc) is 2.38. The van der Waals surface area contributed by atoms with Crippen LogP contribution in [0.15, 0.2) is 24.3 Å². The van der Waals surface area contributed by atoms with Crippen LogP contribution in [0.5, 0.6) is 0 Å². The molecule has 0 bridgehead atoms. The van der Waals surface area contributed by atoms with Crippen molar-refractivity contribution in [2.24, 2.45) is 11.7 Å². The van der Waals surface area contributed by atoms with Gasteiger partial charge in [0.2, 0.25) is 5.91 Å². The normalized spacial score (nSPS) is 12.2. The highest BCUT2D eigenvalue weighted by molar-refractivity contribution is 5.76. The molecule has 0 aliphatic carbocycles. The van der Waals surface area contributed by atoms with Crippen LogP contribution >= 0.6 is 0 Å². The zero-order chi connectivity index (χ0) is 13.4. The average molecular weight is 248 g/mol. The second kappa shape index (κ2) is 7.88. The summed E-state index contributed by atoms with van der Waals surface area (Å²) in [5.74, 6) is 0.322. The first-order chi connectivity index (χ1) is 8.65. The summed E-state index contributed by atoms with van der Waals surface area (Å²) in [7, 11) is 0. The van der Waals surface area contributed by atoms with E-state index in [1.807, 2.05) is 6.92 Å². The standard InChI is InChI=1S/C15H24N2O/c1-3-4-13-5-7-14(8-6-13)11-17-15(18)9-12(2)10-16/h5-8,12H,3-4,9-11,16H2,1-2H3,(H,17,18). The number of carbonyl (C=O) groups excluding carboxylic acids is 1. The maximum absolute atomic E-state index is 11.6. The molecule has 0 aliphatic rings. The van der Waals surface area contributed by atoms with Gasteiger partial charge in [-0.15, -0.1) is 0 Å². The van der Waals surface area contributed by atoms with E-state index in [0.29, 0.717) is 19.5 Å². The Labute approximate surface area is 110 Å². The maximum atomic E-state index is 11.6. The molecule has 1 rings (SSSR count). The van der Waals surface area contributed by atoms with Crippen LogP contribution in [0.25, 0.3) is 0 Å².